The van der Waals surface area contributed by atoms with E-state index in [0.717, 1.165) is 43.0 Å². The predicted molar refractivity (Wildman–Crippen MR) is 114 cm³/mol. The van der Waals surface area contributed by atoms with Crippen molar-refractivity contribution < 1.29 is 9.53 Å². The quantitative estimate of drug-likeness (QED) is 0.640. The molecule has 0 spiro atoms. The van der Waals surface area contributed by atoms with Crippen LogP contribution in [0.5, 0.6) is 5.75 Å². The molecule has 2 N–H and O–H groups in total. The van der Waals surface area contributed by atoms with E-state index in [9.17, 15) is 4.79 Å². The Morgan fingerprint density at radius 3 is 2.97 bits per heavy atom. The smallest absolute Gasteiger partial charge is 0.224 e. The first kappa shape index (κ1) is 19.5. The van der Waals surface area contributed by atoms with E-state index in [1.807, 2.05) is 59.3 Å². The van der Waals surface area contributed by atoms with Gasteiger partial charge in [0.15, 0.2) is 0 Å². The highest BCUT2D eigenvalue weighted by Gasteiger charge is 2.22. The summed E-state index contributed by atoms with van der Waals surface area (Å²) in [5.74, 6) is 1.80. The summed E-state index contributed by atoms with van der Waals surface area (Å²) in [6.45, 7) is 4.68. The van der Waals surface area contributed by atoms with Crippen LogP contribution in [0.2, 0.25) is 0 Å². The Kier molecular flexibility index (Phi) is 6.10. The highest BCUT2D eigenvalue weighted by Crippen LogP contribution is 2.25. The normalized spacial score (nSPS) is 15.9. The van der Waals surface area contributed by atoms with Crippen LogP contribution in [-0.2, 0) is 11.4 Å². The largest absolute Gasteiger partial charge is 0.487 e. The van der Waals surface area contributed by atoms with Gasteiger partial charge in [-0.05, 0) is 62.0 Å². The molecule has 2 aromatic heterocycles. The fourth-order valence-electron chi connectivity index (χ4n) is 3.96. The number of fused-ring (bicyclic) bond motifs is 1. The minimum Gasteiger partial charge on any atom is -0.487 e. The Labute approximate surface area is 171 Å². The number of hydrogen-bond donors (Lipinski definition) is 2. The third kappa shape index (κ3) is 5.15. The van der Waals surface area contributed by atoms with Crippen molar-refractivity contribution in [1.29, 1.82) is 0 Å². The first-order chi connectivity index (χ1) is 14.2. The molecule has 1 aliphatic rings. The van der Waals surface area contributed by atoms with Crippen molar-refractivity contribution in [2.45, 2.75) is 32.8 Å². The molecule has 3 heterocycles. The number of rotatable bonds is 7. The van der Waals surface area contributed by atoms with Crippen molar-refractivity contribution in [3.05, 3.63) is 60.6 Å². The number of imidazole rings is 1. The standard InChI is InChI=1S/C23H28N4O2/c1-17(18-8-10-24-11-9-18)13-23(28)26-19-5-4-6-21(14-19)29-16-20-15-27-12-3-2-7-22(27)25-20/h2-7,12,14-15,17-18,24H,8-11,13,16H2,1H3,(H,26,28). The third-order valence-electron chi connectivity index (χ3n) is 5.61. The SMILES string of the molecule is CC(CC(=O)Nc1cccc(OCc2cn3ccccc3n2)c1)C1CCNCC1. The molecule has 0 bridgehead atoms. The van der Waals surface area contributed by atoms with Crippen molar-refractivity contribution in [3.63, 3.8) is 0 Å². The number of anilines is 1. The monoisotopic (exact) mass is 392 g/mol. The van der Waals surface area contributed by atoms with Crippen LogP contribution in [0.3, 0.4) is 0 Å². The lowest BCUT2D eigenvalue weighted by Crippen LogP contribution is -2.32. The summed E-state index contributed by atoms with van der Waals surface area (Å²) in [5, 5.41) is 6.40. The highest BCUT2D eigenvalue weighted by molar-refractivity contribution is 5.91. The molecule has 6 heteroatoms. The summed E-state index contributed by atoms with van der Waals surface area (Å²) in [7, 11) is 0. The van der Waals surface area contributed by atoms with Gasteiger partial charge in [0.25, 0.3) is 0 Å². The molecule has 0 radical (unpaired) electrons. The molecule has 152 valence electrons. The van der Waals surface area contributed by atoms with E-state index < -0.39 is 0 Å². The lowest BCUT2D eigenvalue weighted by Gasteiger charge is -2.27. The van der Waals surface area contributed by atoms with Gasteiger partial charge in [-0.2, -0.15) is 0 Å². The van der Waals surface area contributed by atoms with E-state index in [0.29, 0.717) is 30.6 Å². The Morgan fingerprint density at radius 1 is 1.28 bits per heavy atom. The number of amides is 1. The summed E-state index contributed by atoms with van der Waals surface area (Å²) in [6, 6.07) is 13.4. The molecule has 4 rings (SSSR count). The van der Waals surface area contributed by atoms with Gasteiger partial charge in [-0.3, -0.25) is 4.79 Å². The third-order valence-corrected chi connectivity index (χ3v) is 5.61. The van der Waals surface area contributed by atoms with Crippen molar-refractivity contribution >= 4 is 17.2 Å². The second-order valence-electron chi connectivity index (χ2n) is 7.83. The van der Waals surface area contributed by atoms with E-state index in [1.54, 1.807) is 0 Å². The lowest BCUT2D eigenvalue weighted by atomic mass is 9.84. The van der Waals surface area contributed by atoms with E-state index in [1.165, 1.54) is 0 Å². The molecule has 1 aromatic carbocycles. The number of ether oxygens (including phenoxy) is 1. The van der Waals surface area contributed by atoms with Gasteiger partial charge in [0.1, 0.15) is 18.0 Å². The topological polar surface area (TPSA) is 67.7 Å². The molecule has 6 nitrogen and oxygen atoms in total. The van der Waals surface area contributed by atoms with Gasteiger partial charge in [0, 0.05) is 30.6 Å². The summed E-state index contributed by atoms with van der Waals surface area (Å²) >= 11 is 0. The average molecular weight is 393 g/mol. The maximum Gasteiger partial charge on any atom is 0.224 e. The van der Waals surface area contributed by atoms with Gasteiger partial charge in [-0.1, -0.05) is 19.1 Å². The molecule has 3 aromatic rings. The molecule has 1 fully saturated rings. The maximum absolute atomic E-state index is 12.5. The number of carbonyl (C=O) groups is 1. The van der Waals surface area contributed by atoms with Gasteiger partial charge in [-0.15, -0.1) is 0 Å². The Morgan fingerprint density at radius 2 is 2.14 bits per heavy atom. The summed E-state index contributed by atoms with van der Waals surface area (Å²) in [6.07, 6.45) is 6.79. The van der Waals surface area contributed by atoms with Crippen LogP contribution in [0.1, 0.15) is 31.9 Å². The highest BCUT2D eigenvalue weighted by atomic mass is 16.5. The minimum absolute atomic E-state index is 0.0635. The summed E-state index contributed by atoms with van der Waals surface area (Å²) in [4.78, 5) is 17.0. The Hall–Kier alpha value is -2.86. The van der Waals surface area contributed by atoms with Crippen LogP contribution in [0.25, 0.3) is 5.65 Å². The number of aromatic nitrogens is 2. The second kappa shape index (κ2) is 9.09. The summed E-state index contributed by atoms with van der Waals surface area (Å²) < 4.78 is 7.86. The zero-order valence-corrected chi connectivity index (χ0v) is 16.8. The van der Waals surface area contributed by atoms with Crippen molar-refractivity contribution in [1.82, 2.24) is 14.7 Å². The lowest BCUT2D eigenvalue weighted by molar-refractivity contribution is -0.117. The van der Waals surface area contributed by atoms with Crippen molar-refractivity contribution in [2.24, 2.45) is 11.8 Å². The molecular formula is C23H28N4O2. The number of nitrogens with zero attached hydrogens (tertiary/aromatic N) is 2. The number of piperidine rings is 1. The van der Waals surface area contributed by atoms with E-state index in [-0.39, 0.29) is 5.91 Å². The van der Waals surface area contributed by atoms with Crippen LogP contribution in [0, 0.1) is 11.8 Å². The van der Waals surface area contributed by atoms with Crippen LogP contribution >= 0.6 is 0 Å². The van der Waals surface area contributed by atoms with E-state index >= 15 is 0 Å². The van der Waals surface area contributed by atoms with E-state index in [2.05, 4.69) is 22.5 Å². The molecule has 0 saturated carbocycles. The molecule has 1 aliphatic heterocycles. The van der Waals surface area contributed by atoms with Crippen LogP contribution in [0.4, 0.5) is 5.69 Å². The molecule has 29 heavy (non-hydrogen) atoms. The van der Waals surface area contributed by atoms with Crippen molar-refractivity contribution in [2.75, 3.05) is 18.4 Å². The zero-order valence-electron chi connectivity index (χ0n) is 16.8. The number of nitrogens with one attached hydrogen (secondary N) is 2. The molecule has 1 unspecified atom stereocenters. The number of pyridine rings is 1. The number of benzene rings is 1. The van der Waals surface area contributed by atoms with Crippen LogP contribution < -0.4 is 15.4 Å². The fourth-order valence-corrected chi connectivity index (χ4v) is 3.96. The predicted octanol–water partition coefficient (Wildman–Crippen LogP) is 3.88. The molecule has 0 aliphatic carbocycles. The first-order valence-corrected chi connectivity index (χ1v) is 10.3. The van der Waals surface area contributed by atoms with Crippen molar-refractivity contribution in [3.8, 4) is 5.75 Å². The molecule has 1 atom stereocenters. The maximum atomic E-state index is 12.5. The Bertz CT molecular complexity index is 929. The minimum atomic E-state index is 0.0635. The zero-order chi connectivity index (χ0) is 20.1. The number of carbonyl (C=O) groups excluding carboxylic acids is 1. The average Bonchev–Trinajstić information content (AvgIpc) is 3.16. The second-order valence-corrected chi connectivity index (χ2v) is 7.83. The van der Waals surface area contributed by atoms with E-state index in [4.69, 9.17) is 4.74 Å². The number of hydrogen-bond acceptors (Lipinski definition) is 4. The van der Waals surface area contributed by atoms with Gasteiger partial charge >= 0.3 is 0 Å². The van der Waals surface area contributed by atoms with Gasteiger partial charge < -0.3 is 19.8 Å². The Balaban J connectivity index is 1.31. The summed E-state index contributed by atoms with van der Waals surface area (Å²) in [5.41, 5.74) is 2.52. The van der Waals surface area contributed by atoms with Crippen LogP contribution in [0.15, 0.2) is 54.9 Å². The molecular weight excluding hydrogens is 364 g/mol. The van der Waals surface area contributed by atoms with Gasteiger partial charge in [0.05, 0.1) is 5.69 Å². The van der Waals surface area contributed by atoms with Gasteiger partial charge in [0.2, 0.25) is 5.91 Å². The molecule has 1 amide bonds. The van der Waals surface area contributed by atoms with Gasteiger partial charge in [-0.25, -0.2) is 4.98 Å². The van der Waals surface area contributed by atoms with Crippen LogP contribution in [-0.4, -0.2) is 28.4 Å². The first-order valence-electron chi connectivity index (χ1n) is 10.3. The fraction of sp³-hybridized carbons (Fsp3) is 0.391. The molecule has 1 saturated heterocycles.